The van der Waals surface area contributed by atoms with Gasteiger partial charge in [0.25, 0.3) is 0 Å². The molecule has 0 amide bonds. The Labute approximate surface area is 106 Å². The van der Waals surface area contributed by atoms with E-state index in [9.17, 15) is 8.78 Å². The summed E-state index contributed by atoms with van der Waals surface area (Å²) in [6.07, 6.45) is 5.27. The predicted octanol–water partition coefficient (Wildman–Crippen LogP) is 3.01. The highest BCUT2D eigenvalue weighted by Crippen LogP contribution is 2.20. The molecular formula is C14H19F2NO. The molecule has 0 heterocycles. The summed E-state index contributed by atoms with van der Waals surface area (Å²) in [5, 5.41) is 3.12. The van der Waals surface area contributed by atoms with Gasteiger partial charge < -0.3 is 10.1 Å². The summed E-state index contributed by atoms with van der Waals surface area (Å²) in [5.74, 6) is -1.07. The van der Waals surface area contributed by atoms with Crippen LogP contribution in [0.5, 0.6) is 0 Å². The second kappa shape index (κ2) is 6.81. The highest BCUT2D eigenvalue weighted by atomic mass is 19.1. The van der Waals surface area contributed by atoms with Crippen molar-refractivity contribution < 1.29 is 13.5 Å². The van der Waals surface area contributed by atoms with Gasteiger partial charge in [0.2, 0.25) is 0 Å². The summed E-state index contributed by atoms with van der Waals surface area (Å²) in [4.78, 5) is 0. The topological polar surface area (TPSA) is 21.3 Å². The smallest absolute Gasteiger partial charge is 0.126 e. The number of benzene rings is 1. The first-order valence-electron chi connectivity index (χ1n) is 6.51. The van der Waals surface area contributed by atoms with Gasteiger partial charge in [-0.15, -0.1) is 0 Å². The second-order valence-corrected chi connectivity index (χ2v) is 4.73. The van der Waals surface area contributed by atoms with Crippen molar-refractivity contribution in [2.75, 3.05) is 13.2 Å². The van der Waals surface area contributed by atoms with Crippen molar-refractivity contribution in [1.82, 2.24) is 5.32 Å². The van der Waals surface area contributed by atoms with Crippen molar-refractivity contribution >= 4 is 0 Å². The number of rotatable bonds is 6. The van der Waals surface area contributed by atoms with E-state index in [-0.39, 0.29) is 0 Å². The zero-order chi connectivity index (χ0) is 12.8. The van der Waals surface area contributed by atoms with Crippen LogP contribution in [0.15, 0.2) is 18.2 Å². The SMILES string of the molecule is Fc1cc(F)cc(CNCCOC2CCCC2)c1. The van der Waals surface area contributed by atoms with E-state index >= 15 is 0 Å². The lowest BCUT2D eigenvalue weighted by molar-refractivity contribution is 0.0602. The van der Waals surface area contributed by atoms with Crippen molar-refractivity contribution in [3.8, 4) is 0 Å². The summed E-state index contributed by atoms with van der Waals surface area (Å²) in [7, 11) is 0. The Morgan fingerprint density at radius 2 is 1.78 bits per heavy atom. The zero-order valence-electron chi connectivity index (χ0n) is 10.4. The normalized spacial score (nSPS) is 16.3. The van der Waals surface area contributed by atoms with Crippen LogP contribution < -0.4 is 5.32 Å². The van der Waals surface area contributed by atoms with E-state index in [0.29, 0.717) is 31.4 Å². The monoisotopic (exact) mass is 255 g/mol. The van der Waals surface area contributed by atoms with Gasteiger partial charge in [0.15, 0.2) is 0 Å². The molecule has 0 aliphatic heterocycles. The van der Waals surface area contributed by atoms with Crippen molar-refractivity contribution in [3.05, 3.63) is 35.4 Å². The van der Waals surface area contributed by atoms with Gasteiger partial charge in [-0.1, -0.05) is 12.8 Å². The van der Waals surface area contributed by atoms with Gasteiger partial charge in [0.05, 0.1) is 12.7 Å². The summed E-state index contributed by atoms with van der Waals surface area (Å²) < 4.78 is 31.5. The molecule has 0 unspecified atom stereocenters. The molecule has 1 fully saturated rings. The van der Waals surface area contributed by atoms with Crippen LogP contribution in [-0.4, -0.2) is 19.3 Å². The minimum atomic E-state index is -0.533. The molecule has 1 saturated carbocycles. The van der Waals surface area contributed by atoms with Gasteiger partial charge in [-0.3, -0.25) is 0 Å². The van der Waals surface area contributed by atoms with E-state index < -0.39 is 11.6 Å². The Morgan fingerprint density at radius 1 is 1.11 bits per heavy atom. The van der Waals surface area contributed by atoms with Crippen molar-refractivity contribution in [3.63, 3.8) is 0 Å². The van der Waals surface area contributed by atoms with Crippen molar-refractivity contribution in [1.29, 1.82) is 0 Å². The average molecular weight is 255 g/mol. The molecule has 1 aliphatic rings. The summed E-state index contributed by atoms with van der Waals surface area (Å²) in [6, 6.07) is 3.56. The van der Waals surface area contributed by atoms with E-state index in [4.69, 9.17) is 4.74 Å². The molecule has 0 spiro atoms. The quantitative estimate of drug-likeness (QED) is 0.789. The van der Waals surface area contributed by atoms with Gasteiger partial charge in [0, 0.05) is 19.2 Å². The number of hydrogen-bond acceptors (Lipinski definition) is 2. The van der Waals surface area contributed by atoms with Crippen LogP contribution in [0.25, 0.3) is 0 Å². The molecule has 0 atom stereocenters. The van der Waals surface area contributed by atoms with Gasteiger partial charge in [-0.25, -0.2) is 8.78 Å². The maximum atomic E-state index is 12.9. The molecule has 4 heteroatoms. The van der Waals surface area contributed by atoms with Gasteiger partial charge in [0.1, 0.15) is 11.6 Å². The van der Waals surface area contributed by atoms with Crippen LogP contribution in [0.1, 0.15) is 31.2 Å². The fourth-order valence-electron chi connectivity index (χ4n) is 2.30. The van der Waals surface area contributed by atoms with Crippen LogP contribution in [-0.2, 0) is 11.3 Å². The standard InChI is InChI=1S/C14H19F2NO/c15-12-7-11(8-13(16)9-12)10-17-5-6-18-14-3-1-2-4-14/h7-9,14,17H,1-6,10H2. The molecule has 1 aliphatic carbocycles. The fourth-order valence-corrected chi connectivity index (χ4v) is 2.30. The average Bonchev–Trinajstić information content (AvgIpc) is 2.80. The molecule has 18 heavy (non-hydrogen) atoms. The Hall–Kier alpha value is -1.00. The molecule has 0 saturated heterocycles. The number of hydrogen-bond donors (Lipinski definition) is 1. The maximum absolute atomic E-state index is 12.9. The van der Waals surface area contributed by atoms with Crippen LogP contribution in [0.2, 0.25) is 0 Å². The molecular weight excluding hydrogens is 236 g/mol. The fraction of sp³-hybridized carbons (Fsp3) is 0.571. The van der Waals surface area contributed by atoms with Crippen LogP contribution in [0.3, 0.4) is 0 Å². The molecule has 2 nitrogen and oxygen atoms in total. The highest BCUT2D eigenvalue weighted by Gasteiger charge is 2.14. The summed E-state index contributed by atoms with van der Waals surface area (Å²) in [5.41, 5.74) is 0.619. The maximum Gasteiger partial charge on any atom is 0.126 e. The number of halogens is 2. The molecule has 0 aromatic heterocycles. The third-order valence-corrected chi connectivity index (χ3v) is 3.19. The Morgan fingerprint density at radius 3 is 2.44 bits per heavy atom. The van der Waals surface area contributed by atoms with E-state index in [1.54, 1.807) is 0 Å². The second-order valence-electron chi connectivity index (χ2n) is 4.73. The van der Waals surface area contributed by atoms with Gasteiger partial charge >= 0.3 is 0 Å². The van der Waals surface area contributed by atoms with Crippen LogP contribution >= 0.6 is 0 Å². The lowest BCUT2D eigenvalue weighted by Crippen LogP contribution is -2.22. The summed E-state index contributed by atoms with van der Waals surface area (Å²) in [6.45, 7) is 1.82. The lowest BCUT2D eigenvalue weighted by atomic mass is 10.2. The van der Waals surface area contributed by atoms with E-state index in [2.05, 4.69) is 5.32 Å². The van der Waals surface area contributed by atoms with Crippen LogP contribution in [0.4, 0.5) is 8.78 Å². The molecule has 1 N–H and O–H groups in total. The molecule has 1 aromatic carbocycles. The summed E-state index contributed by atoms with van der Waals surface area (Å²) >= 11 is 0. The minimum Gasteiger partial charge on any atom is -0.377 e. The molecule has 100 valence electrons. The van der Waals surface area contributed by atoms with Crippen molar-refractivity contribution in [2.24, 2.45) is 0 Å². The van der Waals surface area contributed by atoms with Gasteiger partial charge in [-0.2, -0.15) is 0 Å². The molecule has 0 bridgehead atoms. The highest BCUT2D eigenvalue weighted by molar-refractivity contribution is 5.17. The lowest BCUT2D eigenvalue weighted by Gasteiger charge is -2.11. The van der Waals surface area contributed by atoms with E-state index in [1.165, 1.54) is 25.0 Å². The first kappa shape index (κ1) is 13.4. The number of nitrogens with one attached hydrogen (secondary N) is 1. The van der Waals surface area contributed by atoms with Crippen LogP contribution in [0, 0.1) is 11.6 Å². The zero-order valence-corrected chi connectivity index (χ0v) is 10.4. The third-order valence-electron chi connectivity index (χ3n) is 3.19. The van der Waals surface area contributed by atoms with E-state index in [1.807, 2.05) is 0 Å². The van der Waals surface area contributed by atoms with Crippen molar-refractivity contribution in [2.45, 2.75) is 38.3 Å². The molecule has 1 aromatic rings. The minimum absolute atomic E-state index is 0.415. The largest absolute Gasteiger partial charge is 0.377 e. The Bertz CT molecular complexity index is 358. The first-order valence-corrected chi connectivity index (χ1v) is 6.51. The number of ether oxygens (including phenoxy) is 1. The van der Waals surface area contributed by atoms with E-state index in [0.717, 1.165) is 18.9 Å². The third kappa shape index (κ3) is 4.35. The Kier molecular flexibility index (Phi) is 5.08. The molecule has 2 rings (SSSR count). The molecule has 0 radical (unpaired) electrons. The van der Waals surface area contributed by atoms with Gasteiger partial charge in [-0.05, 0) is 30.5 Å². The predicted molar refractivity (Wildman–Crippen MR) is 66.3 cm³/mol. The Balaban J connectivity index is 1.62. The first-order chi connectivity index (χ1) is 8.74.